The molecule has 34 heavy (non-hydrogen) atoms. The predicted molar refractivity (Wildman–Crippen MR) is 137 cm³/mol. The molecule has 0 radical (unpaired) electrons. The highest BCUT2D eigenvalue weighted by Gasteiger charge is 2.26. The van der Waals surface area contributed by atoms with Crippen molar-refractivity contribution in [3.63, 3.8) is 0 Å². The Hall–Kier alpha value is -2.92. The molecular weight excluding hydrogens is 422 g/mol. The van der Waals surface area contributed by atoms with Crippen LogP contribution in [0.1, 0.15) is 49.3 Å². The summed E-state index contributed by atoms with van der Waals surface area (Å²) in [4.78, 5) is 29.5. The third-order valence-electron chi connectivity index (χ3n) is 7.17. The smallest absolute Gasteiger partial charge is 0.246 e. The molecule has 0 unspecified atom stereocenters. The topological polar surface area (TPSA) is 52.7 Å². The van der Waals surface area contributed by atoms with Gasteiger partial charge >= 0.3 is 0 Å². The van der Waals surface area contributed by atoms with Crippen LogP contribution in [0.2, 0.25) is 0 Å². The molecular formula is C29H37N3O2. The maximum absolute atomic E-state index is 12.7. The highest BCUT2D eigenvalue weighted by molar-refractivity contribution is 5.92. The number of hydrogen-bond acceptors (Lipinski definition) is 3. The SMILES string of the molecule is CC1CCN(Cc2ccc(CNC(=O)C3CCN(C(=O)/C=C/c4ccccc4)CC3)cc2)CC1. The molecule has 4 rings (SSSR count). The number of nitrogens with zero attached hydrogens (tertiary/aromatic N) is 2. The van der Waals surface area contributed by atoms with Gasteiger partial charge in [-0.1, -0.05) is 61.5 Å². The van der Waals surface area contributed by atoms with E-state index in [1.165, 1.54) is 31.5 Å². The molecule has 2 aromatic carbocycles. The Morgan fingerprint density at radius 2 is 1.53 bits per heavy atom. The maximum atomic E-state index is 12.7. The molecule has 5 nitrogen and oxygen atoms in total. The zero-order valence-electron chi connectivity index (χ0n) is 20.3. The molecule has 0 saturated carbocycles. The zero-order valence-corrected chi connectivity index (χ0v) is 20.3. The summed E-state index contributed by atoms with van der Waals surface area (Å²) in [6, 6.07) is 18.5. The minimum atomic E-state index is -0.0251. The second kappa shape index (κ2) is 12.0. The van der Waals surface area contributed by atoms with Crippen molar-refractivity contribution in [3.8, 4) is 0 Å². The average Bonchev–Trinajstić information content (AvgIpc) is 2.89. The van der Waals surface area contributed by atoms with E-state index < -0.39 is 0 Å². The molecule has 1 N–H and O–H groups in total. The second-order valence-electron chi connectivity index (χ2n) is 9.84. The van der Waals surface area contributed by atoms with Crippen LogP contribution in [-0.2, 0) is 22.7 Å². The van der Waals surface area contributed by atoms with Crippen LogP contribution in [0.25, 0.3) is 6.08 Å². The largest absolute Gasteiger partial charge is 0.352 e. The van der Waals surface area contributed by atoms with E-state index in [0.29, 0.717) is 32.5 Å². The fourth-order valence-corrected chi connectivity index (χ4v) is 4.77. The minimum Gasteiger partial charge on any atom is -0.352 e. The number of benzene rings is 2. The van der Waals surface area contributed by atoms with Gasteiger partial charge in [0.2, 0.25) is 11.8 Å². The molecule has 2 saturated heterocycles. The molecule has 0 aliphatic carbocycles. The highest BCUT2D eigenvalue weighted by Crippen LogP contribution is 2.20. The lowest BCUT2D eigenvalue weighted by atomic mass is 9.95. The standard InChI is InChI=1S/C29H37N3O2/c1-23-13-17-31(18-14-23)22-26-9-7-25(8-10-26)21-30-29(34)27-15-19-32(20-16-27)28(33)12-11-24-5-3-2-4-6-24/h2-12,23,27H,13-22H2,1H3,(H,30,34)/b12-11+. The van der Waals surface area contributed by atoms with Gasteiger partial charge in [0.15, 0.2) is 0 Å². The number of amides is 2. The van der Waals surface area contributed by atoms with Gasteiger partial charge < -0.3 is 10.2 Å². The van der Waals surface area contributed by atoms with Crippen LogP contribution in [0.5, 0.6) is 0 Å². The van der Waals surface area contributed by atoms with Crippen LogP contribution in [-0.4, -0.2) is 47.8 Å². The molecule has 2 aliphatic heterocycles. The molecule has 2 heterocycles. The van der Waals surface area contributed by atoms with Crippen LogP contribution in [0.3, 0.4) is 0 Å². The molecule has 0 bridgehead atoms. The Morgan fingerprint density at radius 3 is 2.21 bits per heavy atom. The molecule has 0 spiro atoms. The van der Waals surface area contributed by atoms with Gasteiger partial charge in [-0.25, -0.2) is 0 Å². The van der Waals surface area contributed by atoms with Gasteiger partial charge in [0.05, 0.1) is 0 Å². The molecule has 2 aliphatic rings. The van der Waals surface area contributed by atoms with Crippen molar-refractivity contribution in [1.82, 2.24) is 15.1 Å². The monoisotopic (exact) mass is 459 g/mol. The quantitative estimate of drug-likeness (QED) is 0.621. The Balaban J connectivity index is 1.17. The van der Waals surface area contributed by atoms with E-state index >= 15 is 0 Å². The summed E-state index contributed by atoms with van der Waals surface area (Å²) in [7, 11) is 0. The van der Waals surface area contributed by atoms with Crippen molar-refractivity contribution in [2.75, 3.05) is 26.2 Å². The van der Waals surface area contributed by atoms with Crippen molar-refractivity contribution in [3.05, 3.63) is 77.4 Å². The van der Waals surface area contributed by atoms with E-state index in [0.717, 1.165) is 23.6 Å². The lowest BCUT2D eigenvalue weighted by molar-refractivity contribution is -0.132. The van der Waals surface area contributed by atoms with Crippen molar-refractivity contribution in [2.45, 2.75) is 45.7 Å². The Kier molecular flexibility index (Phi) is 8.53. The Labute approximate surface area is 203 Å². The average molecular weight is 460 g/mol. The summed E-state index contributed by atoms with van der Waals surface area (Å²) < 4.78 is 0. The van der Waals surface area contributed by atoms with Gasteiger partial charge in [-0.3, -0.25) is 14.5 Å². The fourth-order valence-electron chi connectivity index (χ4n) is 4.77. The fraction of sp³-hybridized carbons (Fsp3) is 0.448. The minimum absolute atomic E-state index is 0.0156. The van der Waals surface area contributed by atoms with Crippen LogP contribution >= 0.6 is 0 Å². The first-order valence-electron chi connectivity index (χ1n) is 12.7. The zero-order chi connectivity index (χ0) is 23.8. The number of piperidine rings is 2. The van der Waals surface area contributed by atoms with Crippen molar-refractivity contribution in [2.24, 2.45) is 11.8 Å². The number of hydrogen-bond donors (Lipinski definition) is 1. The van der Waals surface area contributed by atoms with E-state index in [2.05, 4.69) is 41.4 Å². The summed E-state index contributed by atoms with van der Waals surface area (Å²) in [6.45, 7) is 7.53. The molecule has 5 heteroatoms. The van der Waals surface area contributed by atoms with Gasteiger partial charge in [-0.15, -0.1) is 0 Å². The van der Waals surface area contributed by atoms with Crippen LogP contribution in [0, 0.1) is 11.8 Å². The van der Waals surface area contributed by atoms with Crippen molar-refractivity contribution >= 4 is 17.9 Å². The van der Waals surface area contributed by atoms with Gasteiger partial charge in [0.25, 0.3) is 0 Å². The Morgan fingerprint density at radius 1 is 0.882 bits per heavy atom. The normalized spacial score (nSPS) is 18.3. The van der Waals surface area contributed by atoms with E-state index in [4.69, 9.17) is 0 Å². The molecule has 2 fully saturated rings. The lowest BCUT2D eigenvalue weighted by Gasteiger charge is -2.30. The first-order valence-corrected chi connectivity index (χ1v) is 12.7. The number of rotatable bonds is 7. The van der Waals surface area contributed by atoms with Gasteiger partial charge in [0.1, 0.15) is 0 Å². The second-order valence-corrected chi connectivity index (χ2v) is 9.84. The summed E-state index contributed by atoms with van der Waals surface area (Å²) in [5.41, 5.74) is 3.48. The molecule has 2 aromatic rings. The molecule has 2 amide bonds. The van der Waals surface area contributed by atoms with E-state index in [1.54, 1.807) is 6.08 Å². The predicted octanol–water partition coefficient (Wildman–Crippen LogP) is 4.49. The lowest BCUT2D eigenvalue weighted by Crippen LogP contribution is -2.42. The molecule has 0 aromatic heterocycles. The summed E-state index contributed by atoms with van der Waals surface area (Å²) >= 11 is 0. The van der Waals surface area contributed by atoms with E-state index in [-0.39, 0.29) is 17.7 Å². The van der Waals surface area contributed by atoms with E-state index in [9.17, 15) is 9.59 Å². The van der Waals surface area contributed by atoms with Crippen LogP contribution < -0.4 is 5.32 Å². The number of carbonyl (C=O) groups is 2. The number of likely N-dealkylation sites (tertiary alicyclic amines) is 2. The van der Waals surface area contributed by atoms with Crippen molar-refractivity contribution < 1.29 is 9.59 Å². The Bertz CT molecular complexity index is 955. The van der Waals surface area contributed by atoms with Gasteiger partial charge in [0, 0.05) is 38.2 Å². The first kappa shape index (κ1) is 24.2. The van der Waals surface area contributed by atoms with Crippen LogP contribution in [0.4, 0.5) is 0 Å². The molecule has 180 valence electrons. The summed E-state index contributed by atoms with van der Waals surface area (Å²) in [5, 5.41) is 3.10. The third-order valence-corrected chi connectivity index (χ3v) is 7.17. The van der Waals surface area contributed by atoms with Crippen molar-refractivity contribution in [1.29, 1.82) is 0 Å². The van der Waals surface area contributed by atoms with Gasteiger partial charge in [-0.05, 0) is 67.5 Å². The van der Waals surface area contributed by atoms with E-state index in [1.807, 2.05) is 41.3 Å². The molecule has 0 atom stereocenters. The maximum Gasteiger partial charge on any atom is 0.246 e. The summed E-state index contributed by atoms with van der Waals surface area (Å²) in [6.07, 6.45) is 7.49. The highest BCUT2D eigenvalue weighted by atomic mass is 16.2. The number of carbonyl (C=O) groups excluding carboxylic acids is 2. The number of nitrogens with one attached hydrogen (secondary N) is 1. The van der Waals surface area contributed by atoms with Crippen LogP contribution in [0.15, 0.2) is 60.7 Å². The van der Waals surface area contributed by atoms with Gasteiger partial charge in [-0.2, -0.15) is 0 Å². The summed E-state index contributed by atoms with van der Waals surface area (Å²) in [5.74, 6) is 0.940. The third kappa shape index (κ3) is 7.04. The first-order chi connectivity index (χ1) is 16.6.